The number of aromatic nitrogens is 6. The fourth-order valence-electron chi connectivity index (χ4n) is 2.35. The monoisotopic (exact) mass is 508 g/mol. The van der Waals surface area contributed by atoms with Gasteiger partial charge in [-0.3, -0.25) is 9.97 Å². The fraction of sp³-hybridized carbons (Fsp3) is 0.222. The van der Waals surface area contributed by atoms with Crippen LogP contribution in [0.5, 0.6) is 0 Å². The molecule has 0 atom stereocenters. The third-order valence-corrected chi connectivity index (χ3v) is 9.82. The van der Waals surface area contributed by atoms with Gasteiger partial charge in [-0.15, -0.1) is 20.4 Å². The normalized spacial score (nSPS) is 11.1. The van der Waals surface area contributed by atoms with Gasteiger partial charge >= 0.3 is 0 Å². The molecule has 0 aliphatic rings. The fourth-order valence-corrected chi connectivity index (χ4v) is 7.04. The van der Waals surface area contributed by atoms with Gasteiger partial charge in [-0.1, -0.05) is 81.9 Å². The zero-order chi connectivity index (χ0) is 20.8. The number of hydrogen-bond acceptors (Lipinski definition) is 12. The Labute approximate surface area is 199 Å². The second kappa shape index (κ2) is 10.9. The van der Waals surface area contributed by atoms with Crippen LogP contribution in [0.3, 0.4) is 0 Å². The minimum absolute atomic E-state index is 0.751. The van der Waals surface area contributed by atoms with Crippen LogP contribution in [0.15, 0.2) is 53.8 Å². The molecule has 0 radical (unpaired) electrons. The summed E-state index contributed by atoms with van der Waals surface area (Å²) in [5, 5.41) is 16.7. The number of hydrogen-bond donors (Lipinski definition) is 0. The van der Waals surface area contributed by atoms with Gasteiger partial charge in [0.25, 0.3) is 0 Å². The molecule has 30 heavy (non-hydrogen) atoms. The quantitative estimate of drug-likeness (QED) is 0.256. The average Bonchev–Trinajstić information content (AvgIpc) is 3.46. The molecule has 0 saturated heterocycles. The van der Waals surface area contributed by atoms with Crippen molar-refractivity contribution in [3.8, 4) is 11.4 Å². The van der Waals surface area contributed by atoms with Crippen LogP contribution in [-0.2, 0) is 11.5 Å². The van der Waals surface area contributed by atoms with E-state index < -0.39 is 0 Å². The molecule has 6 nitrogen and oxygen atoms in total. The first kappa shape index (κ1) is 22.0. The summed E-state index contributed by atoms with van der Waals surface area (Å²) in [4.78, 5) is 9.59. The van der Waals surface area contributed by atoms with E-state index in [1.54, 1.807) is 69.7 Å². The van der Waals surface area contributed by atoms with E-state index in [4.69, 9.17) is 9.97 Å². The van der Waals surface area contributed by atoms with E-state index in [2.05, 4.69) is 20.4 Å². The van der Waals surface area contributed by atoms with Crippen LogP contribution in [0.4, 0.5) is 0 Å². The van der Waals surface area contributed by atoms with E-state index in [0.717, 1.165) is 51.6 Å². The standard InChI is InChI=1S/C18H16N6S6/c1-25-15-21-23-17(29-15)27-9-11-5-3-7-13(19-11)14-8-4-6-12(20-14)10-28-18-24-22-16(26-2)30-18/h3-8H,9-10H2,1-2H3. The third kappa shape index (κ3) is 5.95. The topological polar surface area (TPSA) is 77.3 Å². The molecule has 0 aromatic carbocycles. The summed E-state index contributed by atoms with van der Waals surface area (Å²) in [5.41, 5.74) is 3.75. The van der Waals surface area contributed by atoms with E-state index in [-0.39, 0.29) is 0 Å². The van der Waals surface area contributed by atoms with Gasteiger partial charge in [0.15, 0.2) is 17.4 Å². The molecule has 4 aromatic rings. The van der Waals surface area contributed by atoms with Gasteiger partial charge in [0.1, 0.15) is 0 Å². The second-order valence-corrected chi connectivity index (χ2v) is 12.2. The zero-order valence-corrected chi connectivity index (χ0v) is 20.9. The van der Waals surface area contributed by atoms with Crippen LogP contribution in [-0.4, -0.2) is 42.9 Å². The molecule has 0 N–H and O–H groups in total. The molecule has 0 aliphatic carbocycles. The smallest absolute Gasteiger partial charge is 0.175 e. The van der Waals surface area contributed by atoms with Crippen LogP contribution in [0.2, 0.25) is 0 Å². The summed E-state index contributed by atoms with van der Waals surface area (Å²) in [6, 6.07) is 12.1. The van der Waals surface area contributed by atoms with Crippen LogP contribution < -0.4 is 0 Å². The van der Waals surface area contributed by atoms with Gasteiger partial charge in [-0.25, -0.2) is 0 Å². The maximum absolute atomic E-state index is 4.80. The maximum Gasteiger partial charge on any atom is 0.175 e. The largest absolute Gasteiger partial charge is 0.250 e. The Balaban J connectivity index is 1.41. The van der Waals surface area contributed by atoms with Crippen LogP contribution in [0, 0.1) is 0 Å². The highest BCUT2D eigenvalue weighted by atomic mass is 32.2. The van der Waals surface area contributed by atoms with Gasteiger partial charge in [-0.2, -0.15) is 0 Å². The molecule has 0 fully saturated rings. The van der Waals surface area contributed by atoms with Gasteiger partial charge in [0.2, 0.25) is 0 Å². The number of thioether (sulfide) groups is 4. The first-order valence-electron chi connectivity index (χ1n) is 8.66. The van der Waals surface area contributed by atoms with E-state index in [1.807, 2.05) is 48.9 Å². The van der Waals surface area contributed by atoms with Crippen molar-refractivity contribution in [2.45, 2.75) is 28.9 Å². The van der Waals surface area contributed by atoms with Gasteiger partial charge in [-0.05, 0) is 36.8 Å². The van der Waals surface area contributed by atoms with Crippen molar-refractivity contribution in [1.29, 1.82) is 0 Å². The maximum atomic E-state index is 4.80. The van der Waals surface area contributed by atoms with Crippen molar-refractivity contribution >= 4 is 69.7 Å². The summed E-state index contributed by atoms with van der Waals surface area (Å²) < 4.78 is 3.89. The highest BCUT2D eigenvalue weighted by molar-refractivity contribution is 8.03. The minimum atomic E-state index is 0.751. The van der Waals surface area contributed by atoms with E-state index in [0.29, 0.717) is 0 Å². The van der Waals surface area contributed by atoms with Crippen molar-refractivity contribution in [3.05, 3.63) is 47.8 Å². The van der Waals surface area contributed by atoms with Crippen LogP contribution in [0.1, 0.15) is 11.4 Å². The number of pyridine rings is 2. The predicted octanol–water partition coefficient (Wildman–Crippen LogP) is 5.88. The van der Waals surface area contributed by atoms with E-state index in [1.165, 1.54) is 0 Å². The molecular weight excluding hydrogens is 493 g/mol. The van der Waals surface area contributed by atoms with Gasteiger partial charge in [0, 0.05) is 11.5 Å². The molecule has 0 spiro atoms. The molecule has 4 aromatic heterocycles. The van der Waals surface area contributed by atoms with Gasteiger partial charge in [0.05, 0.1) is 22.8 Å². The molecule has 4 heterocycles. The first-order chi connectivity index (χ1) is 14.7. The first-order valence-corrected chi connectivity index (χ1v) is 14.7. The summed E-state index contributed by atoms with van der Waals surface area (Å²) in [5.74, 6) is 1.50. The molecule has 12 heteroatoms. The Morgan fingerprint density at radius 2 is 1.07 bits per heavy atom. The molecule has 0 unspecified atom stereocenters. The molecule has 0 aliphatic heterocycles. The summed E-state index contributed by atoms with van der Waals surface area (Å²) in [6.07, 6.45) is 4.02. The summed E-state index contributed by atoms with van der Waals surface area (Å²) in [6.45, 7) is 0. The lowest BCUT2D eigenvalue weighted by atomic mass is 10.2. The second-order valence-electron chi connectivity index (χ2n) is 5.68. The van der Waals surface area contributed by atoms with Gasteiger partial charge < -0.3 is 0 Å². The molecule has 0 amide bonds. The third-order valence-electron chi connectivity index (χ3n) is 3.69. The van der Waals surface area contributed by atoms with E-state index in [9.17, 15) is 0 Å². The Kier molecular flexibility index (Phi) is 8.01. The SMILES string of the molecule is CSc1nnc(SCc2cccc(-c3cccc(CSc4nnc(SC)s4)n3)n2)s1. The van der Waals surface area contributed by atoms with Crippen molar-refractivity contribution in [3.63, 3.8) is 0 Å². The van der Waals surface area contributed by atoms with Crippen molar-refractivity contribution in [2.75, 3.05) is 12.5 Å². The highest BCUT2D eigenvalue weighted by Gasteiger charge is 2.09. The molecular formula is C18H16N6S6. The van der Waals surface area contributed by atoms with Crippen molar-refractivity contribution in [1.82, 2.24) is 30.4 Å². The van der Waals surface area contributed by atoms with Crippen molar-refractivity contribution < 1.29 is 0 Å². The summed E-state index contributed by atoms with van der Waals surface area (Å²) in [7, 11) is 0. The number of nitrogens with zero attached hydrogens (tertiary/aromatic N) is 6. The molecule has 0 saturated carbocycles. The van der Waals surface area contributed by atoms with Crippen LogP contribution in [0.25, 0.3) is 11.4 Å². The van der Waals surface area contributed by atoms with E-state index >= 15 is 0 Å². The Hall–Kier alpha value is -1.18. The zero-order valence-electron chi connectivity index (χ0n) is 16.0. The summed E-state index contributed by atoms with van der Waals surface area (Å²) >= 11 is 9.77. The molecule has 0 bridgehead atoms. The number of rotatable bonds is 9. The lowest BCUT2D eigenvalue weighted by Crippen LogP contribution is -1.94. The highest BCUT2D eigenvalue weighted by Crippen LogP contribution is 2.31. The Morgan fingerprint density at radius 3 is 1.47 bits per heavy atom. The average molecular weight is 509 g/mol. The van der Waals surface area contributed by atoms with Crippen LogP contribution >= 0.6 is 69.7 Å². The lowest BCUT2D eigenvalue weighted by Gasteiger charge is -2.05. The predicted molar refractivity (Wildman–Crippen MR) is 130 cm³/mol. The molecule has 154 valence electrons. The lowest BCUT2D eigenvalue weighted by molar-refractivity contribution is 0.955. The van der Waals surface area contributed by atoms with Crippen molar-refractivity contribution in [2.24, 2.45) is 0 Å². The molecule has 4 rings (SSSR count). The Bertz CT molecular complexity index is 1030. The minimum Gasteiger partial charge on any atom is -0.250 e. The Morgan fingerprint density at radius 1 is 0.633 bits per heavy atom.